The topological polar surface area (TPSA) is 46.9 Å². The smallest absolute Gasteiger partial charge is 0.244 e. The van der Waals surface area contributed by atoms with Crippen LogP contribution in [0.1, 0.15) is 11.4 Å². The molecule has 0 fully saturated rings. The summed E-state index contributed by atoms with van der Waals surface area (Å²) in [5.74, 6) is 0.684. The highest BCUT2D eigenvalue weighted by molar-refractivity contribution is 6.33. The van der Waals surface area contributed by atoms with Gasteiger partial charge in [0.2, 0.25) is 5.91 Å². The molecule has 1 aromatic heterocycles. The van der Waals surface area contributed by atoms with Crippen LogP contribution in [0.25, 0.3) is 11.0 Å². The number of aryl methyl sites for hydroxylation is 2. The highest BCUT2D eigenvalue weighted by Crippen LogP contribution is 2.23. The van der Waals surface area contributed by atoms with Gasteiger partial charge in [0.25, 0.3) is 0 Å². The molecular weight excluding hydrogens is 298 g/mol. The largest absolute Gasteiger partial charge is 0.323 e. The van der Waals surface area contributed by atoms with Crippen molar-refractivity contribution in [3.8, 4) is 0 Å². The summed E-state index contributed by atoms with van der Waals surface area (Å²) in [6, 6.07) is 13.3. The second-order valence-corrected chi connectivity index (χ2v) is 5.67. The van der Waals surface area contributed by atoms with E-state index in [0.717, 1.165) is 22.4 Å². The van der Waals surface area contributed by atoms with E-state index in [9.17, 15) is 4.79 Å². The number of rotatable bonds is 3. The third-order valence-electron chi connectivity index (χ3n) is 3.55. The number of fused-ring (bicyclic) bond motifs is 1. The fourth-order valence-corrected chi connectivity index (χ4v) is 2.73. The Morgan fingerprint density at radius 2 is 2.00 bits per heavy atom. The average Bonchev–Trinajstić information content (AvgIpc) is 2.78. The van der Waals surface area contributed by atoms with Gasteiger partial charge in [0.1, 0.15) is 12.4 Å². The van der Waals surface area contributed by atoms with E-state index in [1.165, 1.54) is 0 Å². The number of nitrogens with zero attached hydrogens (tertiary/aromatic N) is 2. The quantitative estimate of drug-likeness (QED) is 0.796. The van der Waals surface area contributed by atoms with Gasteiger partial charge in [-0.25, -0.2) is 4.98 Å². The molecule has 22 heavy (non-hydrogen) atoms. The summed E-state index contributed by atoms with van der Waals surface area (Å²) < 4.78 is 1.90. The van der Waals surface area contributed by atoms with Crippen molar-refractivity contribution in [3.05, 3.63) is 58.9 Å². The molecule has 5 heteroatoms. The molecule has 1 amide bonds. The summed E-state index contributed by atoms with van der Waals surface area (Å²) in [7, 11) is 0. The first-order valence-electron chi connectivity index (χ1n) is 7.02. The van der Waals surface area contributed by atoms with Crippen molar-refractivity contribution in [2.24, 2.45) is 0 Å². The molecule has 0 aliphatic rings. The third kappa shape index (κ3) is 2.83. The minimum absolute atomic E-state index is 0.128. The van der Waals surface area contributed by atoms with Gasteiger partial charge in [0.05, 0.1) is 21.7 Å². The average molecular weight is 314 g/mol. The zero-order chi connectivity index (χ0) is 15.7. The summed E-state index contributed by atoms with van der Waals surface area (Å²) in [4.78, 5) is 16.8. The third-order valence-corrected chi connectivity index (χ3v) is 3.86. The van der Waals surface area contributed by atoms with Crippen molar-refractivity contribution < 1.29 is 4.79 Å². The molecule has 0 unspecified atom stereocenters. The van der Waals surface area contributed by atoms with Crippen LogP contribution in [0.2, 0.25) is 5.02 Å². The number of anilines is 1. The van der Waals surface area contributed by atoms with E-state index in [1.54, 1.807) is 0 Å². The number of nitrogens with one attached hydrogen (secondary N) is 1. The molecule has 0 saturated heterocycles. The van der Waals surface area contributed by atoms with Crippen molar-refractivity contribution in [1.82, 2.24) is 9.55 Å². The van der Waals surface area contributed by atoms with Crippen LogP contribution < -0.4 is 5.32 Å². The Morgan fingerprint density at radius 1 is 1.23 bits per heavy atom. The van der Waals surface area contributed by atoms with Crippen molar-refractivity contribution in [1.29, 1.82) is 0 Å². The fourth-order valence-electron chi connectivity index (χ4n) is 2.45. The molecule has 1 N–H and O–H groups in total. The Morgan fingerprint density at radius 3 is 2.77 bits per heavy atom. The number of para-hydroxylation sites is 2. The number of hydrogen-bond acceptors (Lipinski definition) is 2. The Balaban J connectivity index is 1.83. The summed E-state index contributed by atoms with van der Waals surface area (Å²) in [5, 5.41) is 3.39. The van der Waals surface area contributed by atoms with Gasteiger partial charge in [-0.2, -0.15) is 0 Å². The molecule has 1 heterocycles. The second kappa shape index (κ2) is 5.81. The maximum atomic E-state index is 12.3. The second-order valence-electron chi connectivity index (χ2n) is 5.27. The van der Waals surface area contributed by atoms with E-state index in [-0.39, 0.29) is 12.5 Å². The standard InChI is InChI=1S/C17H16ClN3O/c1-11-7-8-14(13(18)9-11)20-17(22)10-21-12(2)19-15-5-3-4-6-16(15)21/h3-9H,10H2,1-2H3,(H,20,22). The first kappa shape index (κ1) is 14.6. The highest BCUT2D eigenvalue weighted by atomic mass is 35.5. The summed E-state index contributed by atoms with van der Waals surface area (Å²) in [6.07, 6.45) is 0. The molecule has 2 aromatic carbocycles. The molecular formula is C17H16ClN3O. The van der Waals surface area contributed by atoms with Crippen molar-refractivity contribution in [2.75, 3.05) is 5.32 Å². The lowest BCUT2D eigenvalue weighted by Gasteiger charge is -2.10. The Bertz CT molecular complexity index is 854. The SMILES string of the molecule is Cc1ccc(NC(=O)Cn2c(C)nc3ccccc32)c(Cl)c1. The predicted octanol–water partition coefficient (Wildman–Crippen LogP) is 3.95. The van der Waals surface area contributed by atoms with Crippen LogP contribution in [0.15, 0.2) is 42.5 Å². The number of carbonyl (C=O) groups excluding carboxylic acids is 1. The van der Waals surface area contributed by atoms with Crippen LogP contribution in [0.4, 0.5) is 5.69 Å². The van der Waals surface area contributed by atoms with Crippen LogP contribution >= 0.6 is 11.6 Å². The molecule has 3 aromatic rings. The van der Waals surface area contributed by atoms with Crippen molar-refractivity contribution in [2.45, 2.75) is 20.4 Å². The molecule has 0 aliphatic carbocycles. The summed E-state index contributed by atoms with van der Waals surface area (Å²) in [5.41, 5.74) is 3.52. The van der Waals surface area contributed by atoms with Crippen LogP contribution in [0.5, 0.6) is 0 Å². The van der Waals surface area contributed by atoms with Crippen LogP contribution in [0, 0.1) is 13.8 Å². The molecule has 0 radical (unpaired) electrons. The summed E-state index contributed by atoms with van der Waals surface area (Å²) >= 11 is 6.15. The van der Waals surface area contributed by atoms with Gasteiger partial charge >= 0.3 is 0 Å². The van der Waals surface area contributed by atoms with E-state index in [0.29, 0.717) is 10.7 Å². The lowest BCUT2D eigenvalue weighted by Crippen LogP contribution is -2.19. The predicted molar refractivity (Wildman–Crippen MR) is 89.3 cm³/mol. The van der Waals surface area contributed by atoms with E-state index in [4.69, 9.17) is 11.6 Å². The zero-order valence-electron chi connectivity index (χ0n) is 12.4. The first-order chi connectivity index (χ1) is 10.5. The molecule has 0 saturated carbocycles. The van der Waals surface area contributed by atoms with Crippen LogP contribution in [-0.2, 0) is 11.3 Å². The highest BCUT2D eigenvalue weighted by Gasteiger charge is 2.12. The zero-order valence-corrected chi connectivity index (χ0v) is 13.2. The monoisotopic (exact) mass is 313 g/mol. The molecule has 4 nitrogen and oxygen atoms in total. The Hall–Kier alpha value is -2.33. The number of aromatic nitrogens is 2. The normalized spacial score (nSPS) is 10.9. The van der Waals surface area contributed by atoms with Crippen LogP contribution in [0.3, 0.4) is 0 Å². The van der Waals surface area contributed by atoms with Gasteiger partial charge in [-0.05, 0) is 43.7 Å². The number of benzene rings is 2. The number of amides is 1. The minimum Gasteiger partial charge on any atom is -0.323 e. The minimum atomic E-state index is -0.128. The lowest BCUT2D eigenvalue weighted by atomic mass is 10.2. The molecule has 0 aliphatic heterocycles. The lowest BCUT2D eigenvalue weighted by molar-refractivity contribution is -0.116. The van der Waals surface area contributed by atoms with E-state index >= 15 is 0 Å². The number of hydrogen-bond donors (Lipinski definition) is 1. The van der Waals surface area contributed by atoms with Crippen molar-refractivity contribution in [3.63, 3.8) is 0 Å². The van der Waals surface area contributed by atoms with Gasteiger partial charge in [-0.15, -0.1) is 0 Å². The molecule has 3 rings (SSSR count). The van der Waals surface area contributed by atoms with Crippen molar-refractivity contribution >= 4 is 34.2 Å². The van der Waals surface area contributed by atoms with Gasteiger partial charge in [-0.3, -0.25) is 4.79 Å². The maximum absolute atomic E-state index is 12.3. The Labute approximate surface area is 133 Å². The van der Waals surface area contributed by atoms with Gasteiger partial charge < -0.3 is 9.88 Å². The van der Waals surface area contributed by atoms with E-state index < -0.39 is 0 Å². The van der Waals surface area contributed by atoms with E-state index in [1.807, 2.05) is 60.9 Å². The Kier molecular flexibility index (Phi) is 3.86. The van der Waals surface area contributed by atoms with Gasteiger partial charge in [0, 0.05) is 0 Å². The molecule has 112 valence electrons. The number of halogens is 1. The molecule has 0 spiro atoms. The van der Waals surface area contributed by atoms with Gasteiger partial charge in [-0.1, -0.05) is 29.8 Å². The van der Waals surface area contributed by atoms with Crippen LogP contribution in [-0.4, -0.2) is 15.5 Å². The fraction of sp³-hybridized carbons (Fsp3) is 0.176. The van der Waals surface area contributed by atoms with E-state index in [2.05, 4.69) is 10.3 Å². The summed E-state index contributed by atoms with van der Waals surface area (Å²) in [6.45, 7) is 4.06. The number of imidazole rings is 1. The van der Waals surface area contributed by atoms with Gasteiger partial charge in [0.15, 0.2) is 0 Å². The number of carbonyl (C=O) groups is 1. The molecule has 0 atom stereocenters. The first-order valence-corrected chi connectivity index (χ1v) is 7.40. The molecule has 0 bridgehead atoms. The maximum Gasteiger partial charge on any atom is 0.244 e.